The zero-order valence-corrected chi connectivity index (χ0v) is 21.2. The number of benzene rings is 1. The molecule has 182 valence electrons. The summed E-state index contributed by atoms with van der Waals surface area (Å²) < 4.78 is 43.6. The number of aliphatic imine (C=N–C) groups is 1. The SMILES string of the molecule is CCNC(=NCC(C)N1CCOCC1)NC1CCN(Cc2ccc(C(F)(F)F)cc2)C1.I. The highest BCUT2D eigenvalue weighted by Gasteiger charge is 2.30. The molecule has 0 aliphatic carbocycles. The van der Waals surface area contributed by atoms with Crippen LogP contribution in [0.2, 0.25) is 0 Å². The van der Waals surface area contributed by atoms with E-state index < -0.39 is 11.7 Å². The summed E-state index contributed by atoms with van der Waals surface area (Å²) in [6.45, 7) is 11.6. The zero-order valence-electron chi connectivity index (χ0n) is 18.8. The van der Waals surface area contributed by atoms with E-state index in [1.165, 1.54) is 0 Å². The van der Waals surface area contributed by atoms with Crippen LogP contribution in [0.4, 0.5) is 13.2 Å². The molecule has 0 radical (unpaired) electrons. The number of nitrogens with zero attached hydrogens (tertiary/aromatic N) is 3. The second-order valence-corrected chi connectivity index (χ2v) is 8.28. The molecular formula is C22H35F3IN5O. The summed E-state index contributed by atoms with van der Waals surface area (Å²) >= 11 is 0. The topological polar surface area (TPSA) is 52.1 Å². The van der Waals surface area contributed by atoms with Gasteiger partial charge in [0.2, 0.25) is 0 Å². The van der Waals surface area contributed by atoms with Crippen molar-refractivity contribution in [2.75, 3.05) is 52.5 Å². The van der Waals surface area contributed by atoms with Crippen molar-refractivity contribution in [3.8, 4) is 0 Å². The largest absolute Gasteiger partial charge is 0.416 e. The van der Waals surface area contributed by atoms with Gasteiger partial charge >= 0.3 is 6.18 Å². The van der Waals surface area contributed by atoms with Crippen molar-refractivity contribution in [1.82, 2.24) is 20.4 Å². The molecule has 0 amide bonds. The fraction of sp³-hybridized carbons (Fsp3) is 0.682. The van der Waals surface area contributed by atoms with E-state index in [2.05, 4.69) is 27.4 Å². The van der Waals surface area contributed by atoms with Crippen LogP contribution in [0.3, 0.4) is 0 Å². The minimum atomic E-state index is -4.29. The van der Waals surface area contributed by atoms with Gasteiger partial charge in [0.25, 0.3) is 0 Å². The van der Waals surface area contributed by atoms with E-state index in [9.17, 15) is 13.2 Å². The van der Waals surface area contributed by atoms with Crippen LogP contribution in [0.5, 0.6) is 0 Å². The van der Waals surface area contributed by atoms with E-state index >= 15 is 0 Å². The van der Waals surface area contributed by atoms with Crippen molar-refractivity contribution >= 4 is 29.9 Å². The summed E-state index contributed by atoms with van der Waals surface area (Å²) in [4.78, 5) is 9.45. The van der Waals surface area contributed by atoms with E-state index in [-0.39, 0.29) is 30.0 Å². The van der Waals surface area contributed by atoms with Crippen LogP contribution in [0.25, 0.3) is 0 Å². The third-order valence-corrected chi connectivity index (χ3v) is 5.83. The first kappa shape index (κ1) is 27.1. The Hall–Kier alpha value is -1.11. The number of ether oxygens (including phenoxy) is 1. The molecule has 2 heterocycles. The fourth-order valence-electron chi connectivity index (χ4n) is 4.02. The molecule has 0 bridgehead atoms. The Morgan fingerprint density at radius 2 is 1.88 bits per heavy atom. The minimum absolute atomic E-state index is 0. The highest BCUT2D eigenvalue weighted by atomic mass is 127. The Morgan fingerprint density at radius 3 is 2.50 bits per heavy atom. The lowest BCUT2D eigenvalue weighted by Crippen LogP contribution is -2.46. The normalized spacial score (nSPS) is 21.8. The lowest BCUT2D eigenvalue weighted by Gasteiger charge is -2.31. The van der Waals surface area contributed by atoms with Gasteiger partial charge in [0.1, 0.15) is 0 Å². The molecule has 0 saturated carbocycles. The van der Waals surface area contributed by atoms with E-state index in [0.29, 0.717) is 12.6 Å². The molecule has 2 unspecified atom stereocenters. The maximum Gasteiger partial charge on any atom is 0.416 e. The molecule has 2 atom stereocenters. The third-order valence-electron chi connectivity index (χ3n) is 5.83. The minimum Gasteiger partial charge on any atom is -0.379 e. The second kappa shape index (κ2) is 13.0. The maximum atomic E-state index is 12.7. The Bertz CT molecular complexity index is 711. The van der Waals surface area contributed by atoms with Gasteiger partial charge in [-0.2, -0.15) is 13.2 Å². The highest BCUT2D eigenvalue weighted by molar-refractivity contribution is 14.0. The van der Waals surface area contributed by atoms with Gasteiger partial charge in [0.15, 0.2) is 5.96 Å². The number of rotatable bonds is 7. The third kappa shape index (κ3) is 8.35. The number of guanidine groups is 1. The van der Waals surface area contributed by atoms with E-state index in [4.69, 9.17) is 9.73 Å². The predicted molar refractivity (Wildman–Crippen MR) is 132 cm³/mol. The second-order valence-electron chi connectivity index (χ2n) is 8.28. The van der Waals surface area contributed by atoms with Crippen molar-refractivity contribution < 1.29 is 17.9 Å². The summed E-state index contributed by atoms with van der Waals surface area (Å²) in [5.41, 5.74) is 0.295. The van der Waals surface area contributed by atoms with E-state index in [1.54, 1.807) is 12.1 Å². The monoisotopic (exact) mass is 569 g/mol. The van der Waals surface area contributed by atoms with Gasteiger partial charge in [0.05, 0.1) is 25.3 Å². The molecule has 2 N–H and O–H groups in total. The van der Waals surface area contributed by atoms with Gasteiger partial charge in [-0.15, -0.1) is 24.0 Å². The van der Waals surface area contributed by atoms with Crippen molar-refractivity contribution in [2.24, 2.45) is 4.99 Å². The molecule has 0 aromatic heterocycles. The molecule has 0 spiro atoms. The van der Waals surface area contributed by atoms with Gasteiger partial charge in [-0.3, -0.25) is 14.8 Å². The van der Waals surface area contributed by atoms with Gasteiger partial charge in [-0.1, -0.05) is 12.1 Å². The lowest BCUT2D eigenvalue weighted by atomic mass is 10.1. The molecule has 1 aromatic rings. The van der Waals surface area contributed by atoms with Crippen LogP contribution in [0.15, 0.2) is 29.3 Å². The molecule has 2 saturated heterocycles. The van der Waals surface area contributed by atoms with Crippen molar-refractivity contribution in [3.63, 3.8) is 0 Å². The average Bonchev–Trinajstić information content (AvgIpc) is 3.19. The molecule has 2 aliphatic rings. The molecule has 6 nitrogen and oxygen atoms in total. The summed E-state index contributed by atoms with van der Waals surface area (Å²) in [5, 5.41) is 6.85. The quantitative estimate of drug-likeness (QED) is 0.301. The number of likely N-dealkylation sites (tertiary alicyclic amines) is 1. The van der Waals surface area contributed by atoms with Gasteiger partial charge in [-0.25, -0.2) is 0 Å². The van der Waals surface area contributed by atoms with Crippen LogP contribution < -0.4 is 10.6 Å². The molecular weight excluding hydrogens is 534 g/mol. The smallest absolute Gasteiger partial charge is 0.379 e. The molecule has 10 heteroatoms. The first-order chi connectivity index (χ1) is 14.8. The number of hydrogen-bond donors (Lipinski definition) is 2. The summed E-state index contributed by atoms with van der Waals surface area (Å²) in [5.74, 6) is 0.823. The Labute approximate surface area is 206 Å². The summed E-state index contributed by atoms with van der Waals surface area (Å²) in [7, 11) is 0. The van der Waals surface area contributed by atoms with Crippen LogP contribution in [-0.2, 0) is 17.5 Å². The van der Waals surface area contributed by atoms with Gasteiger partial charge < -0.3 is 15.4 Å². The van der Waals surface area contributed by atoms with Crippen molar-refractivity contribution in [3.05, 3.63) is 35.4 Å². The number of hydrogen-bond acceptors (Lipinski definition) is 4. The van der Waals surface area contributed by atoms with Gasteiger partial charge in [0, 0.05) is 51.4 Å². The summed E-state index contributed by atoms with van der Waals surface area (Å²) in [6, 6.07) is 6.09. The lowest BCUT2D eigenvalue weighted by molar-refractivity contribution is -0.137. The first-order valence-corrected chi connectivity index (χ1v) is 11.1. The average molecular weight is 569 g/mol. The standard InChI is InChI=1S/C22H34F3N5O.HI/c1-3-26-21(27-14-17(2)30-10-12-31-13-11-30)28-20-8-9-29(16-20)15-18-4-6-19(7-5-18)22(23,24)25;/h4-7,17,20H,3,8-16H2,1-2H3,(H2,26,27,28);1H. The Morgan fingerprint density at radius 1 is 1.19 bits per heavy atom. The fourth-order valence-corrected chi connectivity index (χ4v) is 4.02. The van der Waals surface area contributed by atoms with Crippen LogP contribution in [0, 0.1) is 0 Å². The Balaban J connectivity index is 0.00000363. The molecule has 1 aromatic carbocycles. The van der Waals surface area contributed by atoms with Gasteiger partial charge in [-0.05, 0) is 38.0 Å². The number of nitrogens with one attached hydrogen (secondary N) is 2. The van der Waals surface area contributed by atoms with E-state index in [0.717, 1.165) is 82.6 Å². The highest BCUT2D eigenvalue weighted by Crippen LogP contribution is 2.29. The Kier molecular flexibility index (Phi) is 11.0. The zero-order chi connectivity index (χ0) is 22.3. The molecule has 2 fully saturated rings. The van der Waals surface area contributed by atoms with E-state index in [1.807, 2.05) is 6.92 Å². The molecule has 32 heavy (non-hydrogen) atoms. The van der Waals surface area contributed by atoms with Crippen molar-refractivity contribution in [1.29, 1.82) is 0 Å². The van der Waals surface area contributed by atoms with Crippen LogP contribution in [-0.4, -0.2) is 80.3 Å². The maximum absolute atomic E-state index is 12.7. The summed E-state index contributed by atoms with van der Waals surface area (Å²) in [6.07, 6.45) is -3.31. The van der Waals surface area contributed by atoms with Crippen LogP contribution in [0.1, 0.15) is 31.4 Å². The predicted octanol–water partition coefficient (Wildman–Crippen LogP) is 3.17. The number of alkyl halides is 3. The first-order valence-electron chi connectivity index (χ1n) is 11.1. The molecule has 2 aliphatic heterocycles. The number of halogens is 4. The van der Waals surface area contributed by atoms with Crippen molar-refractivity contribution in [2.45, 2.75) is 45.1 Å². The number of morpholine rings is 1. The van der Waals surface area contributed by atoms with Crippen LogP contribution >= 0.6 is 24.0 Å². The molecule has 3 rings (SSSR count).